The maximum Gasteiger partial charge on any atom is 0.213 e. The fourth-order valence-corrected chi connectivity index (χ4v) is 3.63. The molecule has 2 N–H and O–H groups in total. The number of nitrogens with zero attached hydrogens (tertiary/aromatic N) is 2. The minimum absolute atomic E-state index is 0.150. The highest BCUT2D eigenvalue weighted by atomic mass is 19.1. The lowest BCUT2D eigenvalue weighted by atomic mass is 10.1. The van der Waals surface area contributed by atoms with Gasteiger partial charge in [-0.2, -0.15) is 0 Å². The molecule has 0 heterocycles. The molecule has 6 heteroatoms. The van der Waals surface area contributed by atoms with Gasteiger partial charge in [-0.3, -0.25) is 5.41 Å². The summed E-state index contributed by atoms with van der Waals surface area (Å²) in [4.78, 5) is 3.99. The van der Waals surface area contributed by atoms with Crippen molar-refractivity contribution in [3.63, 3.8) is 0 Å². The fourth-order valence-electron chi connectivity index (χ4n) is 3.63. The molecule has 0 atom stereocenters. The molecule has 3 aromatic carbocycles. The second-order valence-electron chi connectivity index (χ2n) is 8.08. The van der Waals surface area contributed by atoms with Crippen molar-refractivity contribution < 1.29 is 9.13 Å². The monoisotopic (exact) mass is 446 g/mol. The summed E-state index contributed by atoms with van der Waals surface area (Å²) in [5, 5.41) is 15.6. The van der Waals surface area contributed by atoms with E-state index in [1.807, 2.05) is 97.5 Å². The quantitative estimate of drug-likeness (QED) is 0.320. The highest BCUT2D eigenvalue weighted by Crippen LogP contribution is 2.23. The van der Waals surface area contributed by atoms with E-state index in [0.717, 1.165) is 16.9 Å². The van der Waals surface area contributed by atoms with Crippen LogP contribution in [0.15, 0.2) is 66.7 Å². The molecule has 0 spiro atoms. The summed E-state index contributed by atoms with van der Waals surface area (Å²) in [6.07, 6.45) is 0. The fraction of sp³-hybridized carbons (Fsp3) is 0.259. The summed E-state index contributed by atoms with van der Waals surface area (Å²) in [7, 11) is 3.86. The van der Waals surface area contributed by atoms with Crippen molar-refractivity contribution in [2.75, 3.05) is 30.5 Å². The van der Waals surface area contributed by atoms with Gasteiger partial charge >= 0.3 is 0 Å². The molecule has 33 heavy (non-hydrogen) atoms. The molecule has 0 unspecified atom stereocenters. The lowest BCUT2D eigenvalue weighted by Gasteiger charge is -2.23. The smallest absolute Gasteiger partial charge is 0.213 e. The van der Waals surface area contributed by atoms with Crippen LogP contribution in [0.4, 0.5) is 15.8 Å². The van der Waals surface area contributed by atoms with Gasteiger partial charge in [0.25, 0.3) is 0 Å². The van der Waals surface area contributed by atoms with Gasteiger partial charge in [0.1, 0.15) is 5.82 Å². The first-order valence-electron chi connectivity index (χ1n) is 11.0. The van der Waals surface area contributed by atoms with Crippen LogP contribution in [0.3, 0.4) is 0 Å². The Labute approximate surface area is 195 Å². The number of nitrogens with one attached hydrogen (secondary N) is 2. The SMILES string of the molecule is CCOC(=N)c1ccc(N(C)Cc2cccc(CN(C)c3ccc(C(C)=N)cc3)c2F)cc1. The standard InChI is InChI=1S/C27H31FN4O/c1-5-33-27(30)21-11-15-25(16-12-21)32(4)18-23-8-6-7-22(26(23)28)17-31(3)24-13-9-20(10-14-24)19(2)29/h6-16,29-30H,5,17-18H2,1-4H3. The number of ether oxygens (including phenoxy) is 1. The molecule has 0 bridgehead atoms. The average Bonchev–Trinajstić information content (AvgIpc) is 2.81. The van der Waals surface area contributed by atoms with E-state index in [9.17, 15) is 0 Å². The average molecular weight is 447 g/mol. The van der Waals surface area contributed by atoms with Crippen LogP contribution in [0, 0.1) is 16.6 Å². The van der Waals surface area contributed by atoms with E-state index in [1.54, 1.807) is 6.92 Å². The van der Waals surface area contributed by atoms with Crippen molar-refractivity contribution in [1.82, 2.24) is 0 Å². The van der Waals surface area contributed by atoms with Crippen molar-refractivity contribution in [3.8, 4) is 0 Å². The second-order valence-corrected chi connectivity index (χ2v) is 8.08. The van der Waals surface area contributed by atoms with Gasteiger partial charge in [-0.25, -0.2) is 4.39 Å². The second kappa shape index (κ2) is 10.8. The molecule has 0 fully saturated rings. The summed E-state index contributed by atoms with van der Waals surface area (Å²) in [5.74, 6) is -0.0462. The molecule has 0 aliphatic heterocycles. The first-order valence-corrected chi connectivity index (χ1v) is 11.0. The Morgan fingerprint density at radius 2 is 1.24 bits per heavy atom. The molecular formula is C27H31FN4O. The van der Waals surface area contributed by atoms with Gasteiger partial charge in [0.15, 0.2) is 0 Å². The number of benzene rings is 3. The normalized spacial score (nSPS) is 10.6. The van der Waals surface area contributed by atoms with E-state index < -0.39 is 0 Å². The molecule has 0 aliphatic rings. The summed E-state index contributed by atoms with van der Waals surface area (Å²) in [6, 6.07) is 20.8. The third-order valence-electron chi connectivity index (χ3n) is 5.57. The van der Waals surface area contributed by atoms with Crippen molar-refractivity contribution in [2.45, 2.75) is 26.9 Å². The van der Waals surface area contributed by atoms with E-state index in [2.05, 4.69) is 0 Å². The molecule has 5 nitrogen and oxygen atoms in total. The van der Waals surface area contributed by atoms with Gasteiger partial charge in [0.2, 0.25) is 5.90 Å². The lowest BCUT2D eigenvalue weighted by Crippen LogP contribution is -2.20. The summed E-state index contributed by atoms with van der Waals surface area (Å²) in [6.45, 7) is 4.95. The maximum atomic E-state index is 15.3. The van der Waals surface area contributed by atoms with Crippen molar-refractivity contribution >= 4 is 23.0 Å². The van der Waals surface area contributed by atoms with E-state index in [0.29, 0.717) is 42.1 Å². The van der Waals surface area contributed by atoms with Crippen molar-refractivity contribution in [2.24, 2.45) is 0 Å². The third-order valence-corrected chi connectivity index (χ3v) is 5.57. The lowest BCUT2D eigenvalue weighted by molar-refractivity contribution is 0.325. The van der Waals surface area contributed by atoms with Crippen molar-refractivity contribution in [3.05, 3.63) is 94.8 Å². The molecule has 0 amide bonds. The molecule has 0 saturated heterocycles. The van der Waals surface area contributed by atoms with Crippen LogP contribution in [0.25, 0.3) is 0 Å². The summed E-state index contributed by atoms with van der Waals surface area (Å²) < 4.78 is 20.6. The molecule has 3 aromatic rings. The highest BCUT2D eigenvalue weighted by molar-refractivity contribution is 5.96. The minimum Gasteiger partial charge on any atom is -0.478 e. The first-order chi connectivity index (χ1) is 15.8. The molecule has 172 valence electrons. The van der Waals surface area contributed by atoms with Gasteiger partial charge in [-0.15, -0.1) is 0 Å². The predicted octanol–water partition coefficient (Wildman–Crippen LogP) is 5.85. The zero-order valence-corrected chi connectivity index (χ0v) is 19.7. The van der Waals surface area contributed by atoms with Crippen LogP contribution in [0.5, 0.6) is 0 Å². The van der Waals surface area contributed by atoms with Gasteiger partial charge in [-0.1, -0.05) is 30.3 Å². The minimum atomic E-state index is -0.196. The molecule has 0 aromatic heterocycles. The number of anilines is 2. The van der Waals surface area contributed by atoms with Gasteiger partial charge in [0.05, 0.1) is 6.61 Å². The van der Waals surface area contributed by atoms with Crippen molar-refractivity contribution in [1.29, 1.82) is 10.8 Å². The zero-order valence-electron chi connectivity index (χ0n) is 19.7. The maximum absolute atomic E-state index is 15.3. The van der Waals surface area contributed by atoms with Crippen LogP contribution in [-0.4, -0.2) is 32.3 Å². The topological polar surface area (TPSA) is 63.4 Å². The number of rotatable bonds is 9. The Kier molecular flexibility index (Phi) is 7.83. The largest absolute Gasteiger partial charge is 0.478 e. The van der Waals surface area contributed by atoms with Crippen LogP contribution in [-0.2, 0) is 17.8 Å². The van der Waals surface area contributed by atoms with Crippen LogP contribution < -0.4 is 9.80 Å². The van der Waals surface area contributed by atoms with Gasteiger partial charge < -0.3 is 19.9 Å². The predicted molar refractivity (Wildman–Crippen MR) is 134 cm³/mol. The molecule has 0 saturated carbocycles. The van der Waals surface area contributed by atoms with Crippen LogP contribution >= 0.6 is 0 Å². The number of hydrogen-bond donors (Lipinski definition) is 2. The van der Waals surface area contributed by atoms with Gasteiger partial charge in [-0.05, 0) is 55.8 Å². The van der Waals surface area contributed by atoms with Crippen LogP contribution in [0.1, 0.15) is 36.1 Å². The Hall–Kier alpha value is -3.67. The van der Waals surface area contributed by atoms with E-state index in [1.165, 1.54) is 0 Å². The zero-order chi connectivity index (χ0) is 24.0. The van der Waals surface area contributed by atoms with E-state index >= 15 is 4.39 Å². The first kappa shape index (κ1) is 24.0. The Morgan fingerprint density at radius 3 is 1.67 bits per heavy atom. The molecular weight excluding hydrogens is 415 g/mol. The summed E-state index contributed by atoms with van der Waals surface area (Å²) in [5.41, 5.74) is 5.29. The molecule has 0 aliphatic carbocycles. The Bertz CT molecular complexity index is 1110. The Balaban J connectivity index is 1.70. The third kappa shape index (κ3) is 5.98. The molecule has 0 radical (unpaired) electrons. The highest BCUT2D eigenvalue weighted by Gasteiger charge is 2.13. The van der Waals surface area contributed by atoms with Crippen LogP contribution in [0.2, 0.25) is 0 Å². The van der Waals surface area contributed by atoms with E-state index in [-0.39, 0.29) is 11.7 Å². The molecule has 3 rings (SSSR count). The number of hydrogen-bond acceptors (Lipinski definition) is 5. The summed E-state index contributed by atoms with van der Waals surface area (Å²) >= 11 is 0. The van der Waals surface area contributed by atoms with Gasteiger partial charge in [0, 0.05) is 61.0 Å². The Morgan fingerprint density at radius 1 is 0.788 bits per heavy atom. The van der Waals surface area contributed by atoms with E-state index in [4.69, 9.17) is 15.6 Å². The number of halogens is 1.